The van der Waals surface area contributed by atoms with E-state index in [1.54, 1.807) is 36.4 Å². The van der Waals surface area contributed by atoms with E-state index in [1.807, 2.05) is 4.90 Å². The highest BCUT2D eigenvalue weighted by atomic mass is 35.5. The molecule has 1 N–H and O–H groups in total. The zero-order valence-corrected chi connectivity index (χ0v) is 13.5. The maximum absolute atomic E-state index is 12.1. The Kier molecular flexibility index (Phi) is 4.62. The molecule has 7 heteroatoms. The minimum Gasteiger partial charge on any atom is -0.438 e. The lowest BCUT2D eigenvalue weighted by atomic mass is 10.2. The van der Waals surface area contributed by atoms with Gasteiger partial charge in [0.15, 0.2) is 5.15 Å². The van der Waals surface area contributed by atoms with E-state index in [4.69, 9.17) is 16.3 Å². The molecule has 1 aromatic heterocycles. The van der Waals surface area contributed by atoms with E-state index in [-0.39, 0.29) is 6.03 Å². The first-order valence-electron chi connectivity index (χ1n) is 7.43. The van der Waals surface area contributed by atoms with E-state index in [0.29, 0.717) is 22.7 Å². The summed E-state index contributed by atoms with van der Waals surface area (Å²) < 4.78 is 5.55. The first-order valence-corrected chi connectivity index (χ1v) is 7.81. The van der Waals surface area contributed by atoms with Crippen LogP contribution in [0.3, 0.4) is 0 Å². The Morgan fingerprint density at radius 1 is 1.26 bits per heavy atom. The van der Waals surface area contributed by atoms with Gasteiger partial charge in [-0.05, 0) is 42.7 Å². The molecule has 1 aliphatic heterocycles. The Labute approximate surface area is 139 Å². The zero-order chi connectivity index (χ0) is 16.2. The van der Waals surface area contributed by atoms with Gasteiger partial charge >= 0.3 is 6.03 Å². The van der Waals surface area contributed by atoms with Crippen LogP contribution in [-0.4, -0.2) is 34.2 Å². The van der Waals surface area contributed by atoms with Crippen LogP contribution in [0.1, 0.15) is 13.3 Å². The Bertz CT molecular complexity index is 675. The van der Waals surface area contributed by atoms with Crippen LogP contribution in [0.25, 0.3) is 0 Å². The number of benzene rings is 1. The maximum atomic E-state index is 12.1. The van der Waals surface area contributed by atoms with E-state index >= 15 is 0 Å². The molecule has 6 nitrogen and oxygen atoms in total. The number of urea groups is 1. The average Bonchev–Trinajstić information content (AvgIpc) is 2.98. The number of nitrogens with one attached hydrogen (secondary N) is 1. The smallest absolute Gasteiger partial charge is 0.321 e. The number of aromatic nitrogens is 2. The van der Waals surface area contributed by atoms with E-state index in [9.17, 15) is 4.79 Å². The monoisotopic (exact) mass is 332 g/mol. The Morgan fingerprint density at radius 3 is 2.65 bits per heavy atom. The molecule has 1 unspecified atom stereocenters. The summed E-state index contributed by atoms with van der Waals surface area (Å²) in [4.78, 5) is 14.0. The van der Waals surface area contributed by atoms with Crippen LogP contribution in [0.15, 0.2) is 36.4 Å². The van der Waals surface area contributed by atoms with E-state index < -0.39 is 0 Å². The zero-order valence-electron chi connectivity index (χ0n) is 12.7. The highest BCUT2D eigenvalue weighted by molar-refractivity contribution is 6.29. The first kappa shape index (κ1) is 15.6. The molecule has 1 atom stereocenters. The molecular weight excluding hydrogens is 316 g/mol. The van der Waals surface area contributed by atoms with Crippen LogP contribution >= 0.6 is 11.6 Å². The number of halogens is 1. The number of hydrogen-bond donors (Lipinski definition) is 1. The molecule has 3 rings (SSSR count). The second-order valence-electron chi connectivity index (χ2n) is 5.59. The van der Waals surface area contributed by atoms with Gasteiger partial charge in [0.2, 0.25) is 5.88 Å². The number of rotatable bonds is 3. The molecule has 2 amide bonds. The fourth-order valence-electron chi connectivity index (χ4n) is 2.41. The molecule has 1 saturated heterocycles. The molecule has 1 aliphatic rings. The van der Waals surface area contributed by atoms with Crippen molar-refractivity contribution in [3.8, 4) is 11.6 Å². The summed E-state index contributed by atoms with van der Waals surface area (Å²) in [7, 11) is 0. The molecule has 23 heavy (non-hydrogen) atoms. The standard InChI is InChI=1S/C16H17ClN4O2/c1-11-8-9-21(10-11)16(22)18-12-2-4-13(5-3-12)23-15-7-6-14(17)19-20-15/h2-7,11H,8-10H2,1H3,(H,18,22). The summed E-state index contributed by atoms with van der Waals surface area (Å²) >= 11 is 5.67. The number of anilines is 1. The third-order valence-electron chi connectivity index (χ3n) is 3.65. The summed E-state index contributed by atoms with van der Waals surface area (Å²) in [6, 6.07) is 10.3. The topological polar surface area (TPSA) is 67.4 Å². The van der Waals surface area contributed by atoms with Crippen molar-refractivity contribution in [1.82, 2.24) is 15.1 Å². The normalized spacial score (nSPS) is 17.1. The molecule has 0 bridgehead atoms. The molecule has 2 heterocycles. The van der Waals surface area contributed by atoms with Crippen LogP contribution in [0.4, 0.5) is 10.5 Å². The maximum Gasteiger partial charge on any atom is 0.321 e. The number of nitrogens with zero attached hydrogens (tertiary/aromatic N) is 3. The second kappa shape index (κ2) is 6.83. The molecule has 0 spiro atoms. The van der Waals surface area contributed by atoms with Gasteiger partial charge in [-0.1, -0.05) is 18.5 Å². The van der Waals surface area contributed by atoms with E-state index in [2.05, 4.69) is 22.4 Å². The Balaban J connectivity index is 1.58. The largest absolute Gasteiger partial charge is 0.438 e. The van der Waals surface area contributed by atoms with Gasteiger partial charge in [-0.2, -0.15) is 0 Å². The highest BCUT2D eigenvalue weighted by Gasteiger charge is 2.23. The van der Waals surface area contributed by atoms with Crippen LogP contribution in [0.2, 0.25) is 5.15 Å². The average molecular weight is 333 g/mol. The summed E-state index contributed by atoms with van der Waals surface area (Å²) in [5.41, 5.74) is 0.726. The van der Waals surface area contributed by atoms with Gasteiger partial charge in [-0.15, -0.1) is 10.2 Å². The van der Waals surface area contributed by atoms with Gasteiger partial charge in [0.25, 0.3) is 0 Å². The predicted octanol–water partition coefficient (Wildman–Crippen LogP) is 3.80. The Hall–Kier alpha value is -2.34. The van der Waals surface area contributed by atoms with Crippen molar-refractivity contribution in [3.05, 3.63) is 41.6 Å². The molecule has 1 fully saturated rings. The minimum absolute atomic E-state index is 0.0633. The van der Waals surface area contributed by atoms with Gasteiger partial charge < -0.3 is 15.0 Å². The lowest BCUT2D eigenvalue weighted by molar-refractivity contribution is 0.221. The predicted molar refractivity (Wildman–Crippen MR) is 87.9 cm³/mol. The summed E-state index contributed by atoms with van der Waals surface area (Å²) in [6.07, 6.45) is 1.06. The number of amides is 2. The lowest BCUT2D eigenvalue weighted by Gasteiger charge is -2.16. The molecule has 1 aromatic carbocycles. The van der Waals surface area contributed by atoms with Gasteiger partial charge in [0.1, 0.15) is 5.75 Å². The molecule has 120 valence electrons. The van der Waals surface area contributed by atoms with Crippen molar-refractivity contribution in [2.45, 2.75) is 13.3 Å². The van der Waals surface area contributed by atoms with Gasteiger partial charge in [0.05, 0.1) is 0 Å². The van der Waals surface area contributed by atoms with Crippen molar-refractivity contribution in [2.24, 2.45) is 5.92 Å². The fourth-order valence-corrected chi connectivity index (χ4v) is 2.51. The van der Waals surface area contributed by atoms with Crippen molar-refractivity contribution < 1.29 is 9.53 Å². The molecular formula is C16H17ClN4O2. The summed E-state index contributed by atoms with van der Waals surface area (Å²) in [6.45, 7) is 3.77. The van der Waals surface area contributed by atoms with Crippen LogP contribution in [0, 0.1) is 5.92 Å². The van der Waals surface area contributed by atoms with Crippen molar-refractivity contribution in [1.29, 1.82) is 0 Å². The summed E-state index contributed by atoms with van der Waals surface area (Å²) in [5, 5.41) is 10.7. The number of ether oxygens (including phenoxy) is 1. The SMILES string of the molecule is CC1CCN(C(=O)Nc2ccc(Oc3ccc(Cl)nn3)cc2)C1. The molecule has 2 aromatic rings. The van der Waals surface area contributed by atoms with E-state index in [1.165, 1.54) is 0 Å². The first-order chi connectivity index (χ1) is 11.1. The van der Waals surface area contributed by atoms with Gasteiger partial charge in [0, 0.05) is 24.8 Å². The molecule has 0 radical (unpaired) electrons. The minimum atomic E-state index is -0.0633. The number of hydrogen-bond acceptors (Lipinski definition) is 4. The molecule has 0 saturated carbocycles. The fraction of sp³-hybridized carbons (Fsp3) is 0.312. The quantitative estimate of drug-likeness (QED) is 0.928. The number of carbonyl (C=O) groups is 1. The summed E-state index contributed by atoms with van der Waals surface area (Å²) in [5.74, 6) is 1.53. The number of likely N-dealkylation sites (tertiary alicyclic amines) is 1. The third kappa shape index (κ3) is 4.10. The van der Waals surface area contributed by atoms with Crippen LogP contribution in [-0.2, 0) is 0 Å². The lowest BCUT2D eigenvalue weighted by Crippen LogP contribution is -2.32. The second-order valence-corrected chi connectivity index (χ2v) is 5.98. The van der Waals surface area contributed by atoms with Crippen molar-refractivity contribution in [3.63, 3.8) is 0 Å². The van der Waals surface area contributed by atoms with Gasteiger partial charge in [-0.3, -0.25) is 0 Å². The van der Waals surface area contributed by atoms with Crippen molar-refractivity contribution in [2.75, 3.05) is 18.4 Å². The van der Waals surface area contributed by atoms with Crippen LogP contribution < -0.4 is 10.1 Å². The van der Waals surface area contributed by atoms with E-state index in [0.717, 1.165) is 25.2 Å². The third-order valence-corrected chi connectivity index (χ3v) is 3.85. The highest BCUT2D eigenvalue weighted by Crippen LogP contribution is 2.22. The van der Waals surface area contributed by atoms with Crippen molar-refractivity contribution >= 4 is 23.3 Å². The Morgan fingerprint density at radius 2 is 2.04 bits per heavy atom. The molecule has 0 aliphatic carbocycles. The number of carbonyl (C=O) groups excluding carboxylic acids is 1. The van der Waals surface area contributed by atoms with Gasteiger partial charge in [-0.25, -0.2) is 4.79 Å². The van der Waals surface area contributed by atoms with Crippen LogP contribution in [0.5, 0.6) is 11.6 Å².